The summed E-state index contributed by atoms with van der Waals surface area (Å²) in [7, 11) is 3.31. The third-order valence-electron chi connectivity index (χ3n) is 3.74. The van der Waals surface area contributed by atoms with E-state index >= 15 is 0 Å². The number of aryl methyl sites for hydroxylation is 1. The molecule has 2 rings (SSSR count). The van der Waals surface area contributed by atoms with Gasteiger partial charge in [0.05, 0.1) is 25.6 Å². The lowest BCUT2D eigenvalue weighted by Crippen LogP contribution is -2.50. The van der Waals surface area contributed by atoms with Gasteiger partial charge in [0.15, 0.2) is 0 Å². The van der Waals surface area contributed by atoms with E-state index in [0.29, 0.717) is 32.7 Å². The van der Waals surface area contributed by atoms with Crippen molar-refractivity contribution >= 4 is 5.91 Å². The summed E-state index contributed by atoms with van der Waals surface area (Å²) in [5.74, 6) is 0.115. The molecular formula is C14H23N3O4. The van der Waals surface area contributed by atoms with Crippen molar-refractivity contribution in [3.05, 3.63) is 18.7 Å². The molecule has 1 aromatic heterocycles. The molecule has 1 aliphatic heterocycles. The van der Waals surface area contributed by atoms with Crippen molar-refractivity contribution < 1.29 is 19.0 Å². The fourth-order valence-corrected chi connectivity index (χ4v) is 2.53. The Morgan fingerprint density at radius 3 is 2.95 bits per heavy atom. The van der Waals surface area contributed by atoms with Crippen LogP contribution in [0.3, 0.4) is 0 Å². The summed E-state index contributed by atoms with van der Waals surface area (Å²) in [6.07, 6.45) is 5.52. The number of carbonyl (C=O) groups excluding carboxylic acids is 1. The molecule has 1 saturated heterocycles. The molecule has 1 aliphatic rings. The zero-order chi connectivity index (χ0) is 15.1. The van der Waals surface area contributed by atoms with Crippen LogP contribution in [-0.2, 0) is 25.5 Å². The van der Waals surface area contributed by atoms with Crippen molar-refractivity contribution in [3.63, 3.8) is 0 Å². The second kappa shape index (κ2) is 8.11. The van der Waals surface area contributed by atoms with E-state index in [2.05, 4.69) is 10.3 Å². The third-order valence-corrected chi connectivity index (χ3v) is 3.74. The smallest absolute Gasteiger partial charge is 0.221 e. The van der Waals surface area contributed by atoms with Gasteiger partial charge in [0.1, 0.15) is 6.10 Å². The van der Waals surface area contributed by atoms with Crippen LogP contribution in [0, 0.1) is 5.92 Å². The Bertz CT molecular complexity index is 424. The average molecular weight is 297 g/mol. The van der Waals surface area contributed by atoms with Gasteiger partial charge in [-0.25, -0.2) is 4.98 Å². The molecule has 0 unspecified atom stereocenters. The van der Waals surface area contributed by atoms with Gasteiger partial charge in [-0.2, -0.15) is 0 Å². The molecular weight excluding hydrogens is 274 g/mol. The normalized spacial score (nSPS) is 25.7. The van der Waals surface area contributed by atoms with Crippen LogP contribution in [0.5, 0.6) is 0 Å². The first-order valence-electron chi connectivity index (χ1n) is 7.10. The Morgan fingerprint density at radius 2 is 2.29 bits per heavy atom. The van der Waals surface area contributed by atoms with E-state index in [0.717, 1.165) is 0 Å². The predicted molar refractivity (Wildman–Crippen MR) is 75.8 cm³/mol. The zero-order valence-corrected chi connectivity index (χ0v) is 12.5. The Hall–Kier alpha value is -1.44. The predicted octanol–water partition coefficient (Wildman–Crippen LogP) is 0.0658. The number of hydrogen-bond donors (Lipinski definition) is 1. The number of carbonyl (C=O) groups is 1. The number of methoxy groups -OCH3 is 2. The number of imidazole rings is 1. The highest BCUT2D eigenvalue weighted by Crippen LogP contribution is 2.19. The Morgan fingerprint density at radius 1 is 1.43 bits per heavy atom. The van der Waals surface area contributed by atoms with Gasteiger partial charge < -0.3 is 24.1 Å². The Labute approximate surface area is 124 Å². The maximum Gasteiger partial charge on any atom is 0.221 e. The number of nitrogens with one attached hydrogen (secondary N) is 1. The van der Waals surface area contributed by atoms with Crippen LogP contribution in [0.2, 0.25) is 0 Å². The number of amides is 1. The van der Waals surface area contributed by atoms with Gasteiger partial charge >= 0.3 is 0 Å². The lowest BCUT2D eigenvalue weighted by molar-refractivity contribution is -0.147. The number of nitrogens with zero attached hydrogens (tertiary/aromatic N) is 2. The lowest BCUT2D eigenvalue weighted by Gasteiger charge is -2.36. The van der Waals surface area contributed by atoms with E-state index in [1.807, 2.05) is 10.8 Å². The van der Waals surface area contributed by atoms with Gasteiger partial charge in [-0.15, -0.1) is 0 Å². The molecule has 0 saturated carbocycles. The van der Waals surface area contributed by atoms with Crippen molar-refractivity contribution in [2.24, 2.45) is 5.92 Å². The molecule has 1 aromatic rings. The minimum absolute atomic E-state index is 0.0121. The first-order valence-corrected chi connectivity index (χ1v) is 7.10. The first kappa shape index (κ1) is 15.9. The molecule has 1 N–H and O–H groups in total. The molecule has 0 aliphatic carbocycles. The van der Waals surface area contributed by atoms with E-state index in [9.17, 15) is 4.79 Å². The molecule has 0 aromatic carbocycles. The molecule has 7 nitrogen and oxygen atoms in total. The van der Waals surface area contributed by atoms with Crippen molar-refractivity contribution in [2.45, 2.75) is 25.2 Å². The van der Waals surface area contributed by atoms with E-state index in [4.69, 9.17) is 14.2 Å². The van der Waals surface area contributed by atoms with Gasteiger partial charge in [-0.3, -0.25) is 4.79 Å². The number of ether oxygens (including phenoxy) is 3. The summed E-state index contributed by atoms with van der Waals surface area (Å²) < 4.78 is 18.2. The van der Waals surface area contributed by atoms with Crippen molar-refractivity contribution in [2.75, 3.05) is 34.0 Å². The maximum atomic E-state index is 11.9. The van der Waals surface area contributed by atoms with E-state index in [1.54, 1.807) is 26.7 Å². The summed E-state index contributed by atoms with van der Waals surface area (Å²) >= 11 is 0. The van der Waals surface area contributed by atoms with Gasteiger partial charge in [0.25, 0.3) is 0 Å². The molecule has 2 heterocycles. The van der Waals surface area contributed by atoms with Gasteiger partial charge in [0, 0.05) is 52.0 Å². The minimum atomic E-state index is -0.0865. The summed E-state index contributed by atoms with van der Waals surface area (Å²) in [5.41, 5.74) is 0. The van der Waals surface area contributed by atoms with Crippen LogP contribution in [0.1, 0.15) is 6.42 Å². The molecule has 3 atom stereocenters. The largest absolute Gasteiger partial charge is 0.378 e. The lowest BCUT2D eigenvalue weighted by atomic mass is 9.96. The molecule has 7 heteroatoms. The summed E-state index contributed by atoms with van der Waals surface area (Å²) in [4.78, 5) is 15.8. The molecule has 118 valence electrons. The van der Waals surface area contributed by atoms with Crippen LogP contribution in [0.4, 0.5) is 0 Å². The molecule has 0 spiro atoms. The van der Waals surface area contributed by atoms with Gasteiger partial charge in [-0.1, -0.05) is 0 Å². The minimum Gasteiger partial charge on any atom is -0.378 e. The van der Waals surface area contributed by atoms with Crippen LogP contribution in [0.25, 0.3) is 0 Å². The van der Waals surface area contributed by atoms with Crippen LogP contribution in [-0.4, -0.2) is 61.6 Å². The average Bonchev–Trinajstić information content (AvgIpc) is 3.03. The quantitative estimate of drug-likeness (QED) is 0.770. The standard InChI is InChI=1S/C14H23N3O4/c1-19-12-9-21-8-11(14(12)20-2)7-16-13(18)3-5-17-6-4-15-10-17/h4,6,10-12,14H,3,5,7-9H2,1-2H3,(H,16,18)/t11-,12-,14+/m1/s1. The van der Waals surface area contributed by atoms with E-state index in [-0.39, 0.29) is 24.0 Å². The van der Waals surface area contributed by atoms with Gasteiger partial charge in [-0.05, 0) is 0 Å². The van der Waals surface area contributed by atoms with Crippen LogP contribution >= 0.6 is 0 Å². The number of rotatable bonds is 7. The number of aromatic nitrogens is 2. The summed E-state index contributed by atoms with van der Waals surface area (Å²) in [6.45, 7) is 2.25. The topological polar surface area (TPSA) is 74.6 Å². The Kier molecular flexibility index (Phi) is 6.16. The second-order valence-electron chi connectivity index (χ2n) is 5.13. The second-order valence-corrected chi connectivity index (χ2v) is 5.13. The zero-order valence-electron chi connectivity index (χ0n) is 12.5. The Balaban J connectivity index is 1.74. The highest BCUT2D eigenvalue weighted by atomic mass is 16.6. The molecule has 21 heavy (non-hydrogen) atoms. The van der Waals surface area contributed by atoms with Gasteiger partial charge in [0.2, 0.25) is 5.91 Å². The van der Waals surface area contributed by atoms with E-state index in [1.165, 1.54) is 0 Å². The number of hydrogen-bond acceptors (Lipinski definition) is 5. The summed E-state index contributed by atoms with van der Waals surface area (Å²) in [6, 6.07) is 0. The fraction of sp³-hybridized carbons (Fsp3) is 0.714. The van der Waals surface area contributed by atoms with E-state index < -0.39 is 0 Å². The monoisotopic (exact) mass is 297 g/mol. The van der Waals surface area contributed by atoms with Crippen molar-refractivity contribution in [1.29, 1.82) is 0 Å². The van der Waals surface area contributed by atoms with Crippen molar-refractivity contribution in [1.82, 2.24) is 14.9 Å². The van der Waals surface area contributed by atoms with Crippen molar-refractivity contribution in [3.8, 4) is 0 Å². The van der Waals surface area contributed by atoms with Crippen LogP contribution < -0.4 is 5.32 Å². The first-order chi connectivity index (χ1) is 10.2. The fourth-order valence-electron chi connectivity index (χ4n) is 2.53. The molecule has 1 fully saturated rings. The third kappa shape index (κ3) is 4.52. The molecule has 1 amide bonds. The molecule has 0 radical (unpaired) electrons. The highest BCUT2D eigenvalue weighted by Gasteiger charge is 2.34. The highest BCUT2D eigenvalue weighted by molar-refractivity contribution is 5.75. The SMILES string of the molecule is CO[C@H]1[C@H](CNC(=O)CCn2ccnc2)COC[C@H]1OC. The molecule has 0 bridgehead atoms. The summed E-state index contributed by atoms with van der Waals surface area (Å²) in [5, 5.41) is 2.94. The van der Waals surface area contributed by atoms with Crippen LogP contribution in [0.15, 0.2) is 18.7 Å². The maximum absolute atomic E-state index is 11.9.